The molecule has 0 fully saturated rings. The Kier molecular flexibility index (Phi) is 1.71. The summed E-state index contributed by atoms with van der Waals surface area (Å²) < 4.78 is 1.57. The number of carbonyl (C=O) groups is 1. The van der Waals surface area contributed by atoms with Crippen LogP contribution in [0.4, 0.5) is 0 Å². The molecular weight excluding hydrogens is 132 g/mol. The fourth-order valence-corrected chi connectivity index (χ4v) is 0.698. The minimum absolute atomic E-state index is 0.00810. The summed E-state index contributed by atoms with van der Waals surface area (Å²) in [6.07, 6.45) is 3.13. The maximum Gasteiger partial charge on any atom is 0.323 e. The van der Waals surface area contributed by atoms with Gasteiger partial charge in [-0.25, -0.2) is 4.98 Å². The number of carboxylic acids is 1. The lowest BCUT2D eigenvalue weighted by Crippen LogP contribution is -2.08. The Morgan fingerprint density at radius 2 is 2.60 bits per heavy atom. The molecule has 0 spiro atoms. The van der Waals surface area contributed by atoms with Gasteiger partial charge in [-0.1, -0.05) is 0 Å². The van der Waals surface area contributed by atoms with Gasteiger partial charge in [0.05, 0.1) is 6.33 Å². The second-order valence-corrected chi connectivity index (χ2v) is 2.06. The topological polar surface area (TPSA) is 55.1 Å². The Morgan fingerprint density at radius 3 is 3.00 bits per heavy atom. The molecule has 1 aromatic heterocycles. The van der Waals surface area contributed by atoms with Gasteiger partial charge in [0.1, 0.15) is 6.54 Å². The number of carboxylic acid groups (broad SMARTS) is 1. The first-order valence-corrected chi connectivity index (χ1v) is 2.88. The molecule has 0 radical (unpaired) electrons. The van der Waals surface area contributed by atoms with Gasteiger partial charge in [-0.05, 0) is 6.92 Å². The van der Waals surface area contributed by atoms with Crippen LogP contribution in [-0.4, -0.2) is 20.6 Å². The first-order valence-electron chi connectivity index (χ1n) is 2.88. The smallest absolute Gasteiger partial charge is 0.323 e. The second-order valence-electron chi connectivity index (χ2n) is 2.06. The first kappa shape index (κ1) is 6.80. The van der Waals surface area contributed by atoms with E-state index in [1.807, 2.05) is 6.92 Å². The second kappa shape index (κ2) is 2.51. The summed E-state index contributed by atoms with van der Waals surface area (Å²) in [5.41, 5.74) is 0.863. The Morgan fingerprint density at radius 1 is 1.90 bits per heavy atom. The molecule has 0 atom stereocenters. The average molecular weight is 140 g/mol. The molecule has 0 aromatic carbocycles. The van der Waals surface area contributed by atoms with Crippen molar-refractivity contribution >= 4 is 5.97 Å². The van der Waals surface area contributed by atoms with Gasteiger partial charge in [-0.3, -0.25) is 4.79 Å². The lowest BCUT2D eigenvalue weighted by Gasteiger charge is -1.97. The van der Waals surface area contributed by atoms with E-state index in [0.717, 1.165) is 5.69 Å². The fourth-order valence-electron chi connectivity index (χ4n) is 0.698. The summed E-state index contributed by atoms with van der Waals surface area (Å²) in [6.45, 7) is 1.81. The molecule has 1 aromatic rings. The van der Waals surface area contributed by atoms with Crippen LogP contribution in [0.3, 0.4) is 0 Å². The highest BCUT2D eigenvalue weighted by molar-refractivity contribution is 5.66. The molecular formula is C6H8N2O2. The van der Waals surface area contributed by atoms with Gasteiger partial charge in [0.15, 0.2) is 0 Å². The minimum Gasteiger partial charge on any atom is -0.480 e. The number of rotatable bonds is 2. The highest BCUT2D eigenvalue weighted by atomic mass is 16.4. The van der Waals surface area contributed by atoms with Gasteiger partial charge in [0.2, 0.25) is 0 Å². The number of nitrogens with zero attached hydrogens (tertiary/aromatic N) is 2. The van der Waals surface area contributed by atoms with Gasteiger partial charge in [0, 0.05) is 11.9 Å². The lowest BCUT2D eigenvalue weighted by molar-refractivity contribution is -0.137. The van der Waals surface area contributed by atoms with Crippen molar-refractivity contribution in [2.24, 2.45) is 0 Å². The first-order chi connectivity index (χ1) is 4.70. The van der Waals surface area contributed by atoms with Crippen LogP contribution >= 0.6 is 0 Å². The summed E-state index contributed by atoms with van der Waals surface area (Å²) in [5, 5.41) is 8.36. The number of aryl methyl sites for hydroxylation is 1. The fraction of sp³-hybridized carbons (Fsp3) is 0.333. The quantitative estimate of drug-likeness (QED) is 0.641. The van der Waals surface area contributed by atoms with E-state index >= 15 is 0 Å². The number of hydrogen-bond donors (Lipinski definition) is 1. The van der Waals surface area contributed by atoms with Gasteiger partial charge in [-0.2, -0.15) is 0 Å². The highest BCUT2D eigenvalue weighted by Crippen LogP contribution is 1.94. The van der Waals surface area contributed by atoms with E-state index in [0.29, 0.717) is 0 Å². The zero-order valence-corrected chi connectivity index (χ0v) is 5.61. The van der Waals surface area contributed by atoms with Gasteiger partial charge >= 0.3 is 5.97 Å². The largest absolute Gasteiger partial charge is 0.480 e. The zero-order valence-electron chi connectivity index (χ0n) is 5.61. The van der Waals surface area contributed by atoms with E-state index in [4.69, 9.17) is 5.11 Å². The van der Waals surface area contributed by atoms with Crippen molar-refractivity contribution < 1.29 is 9.90 Å². The van der Waals surface area contributed by atoms with E-state index < -0.39 is 5.97 Å². The molecule has 0 saturated carbocycles. The van der Waals surface area contributed by atoms with E-state index in [1.54, 1.807) is 10.8 Å². The van der Waals surface area contributed by atoms with Crippen LogP contribution in [0.2, 0.25) is 0 Å². The summed E-state index contributed by atoms with van der Waals surface area (Å²) in [4.78, 5) is 13.9. The van der Waals surface area contributed by atoms with Crippen LogP contribution in [0.15, 0.2) is 12.5 Å². The molecule has 4 nitrogen and oxygen atoms in total. The monoisotopic (exact) mass is 140 g/mol. The van der Waals surface area contributed by atoms with Gasteiger partial charge < -0.3 is 9.67 Å². The molecule has 10 heavy (non-hydrogen) atoms. The van der Waals surface area contributed by atoms with Crippen LogP contribution < -0.4 is 0 Å². The van der Waals surface area contributed by atoms with E-state index in [2.05, 4.69) is 4.98 Å². The van der Waals surface area contributed by atoms with Crippen molar-refractivity contribution in [3.05, 3.63) is 18.2 Å². The molecule has 1 N–H and O–H groups in total. The van der Waals surface area contributed by atoms with Crippen molar-refractivity contribution in [3.63, 3.8) is 0 Å². The van der Waals surface area contributed by atoms with E-state index in [9.17, 15) is 4.79 Å². The van der Waals surface area contributed by atoms with Gasteiger partial charge in [-0.15, -0.1) is 0 Å². The number of aliphatic carboxylic acids is 1. The SMILES string of the molecule is Cc1cncn1CC(=O)O. The van der Waals surface area contributed by atoms with Crippen molar-refractivity contribution in [2.75, 3.05) is 0 Å². The van der Waals surface area contributed by atoms with Crippen molar-refractivity contribution in [2.45, 2.75) is 13.5 Å². The number of imidazole rings is 1. The van der Waals surface area contributed by atoms with Crippen molar-refractivity contribution in [3.8, 4) is 0 Å². The predicted octanol–water partition coefficient (Wildman–Crippen LogP) is 0.276. The molecule has 0 aliphatic heterocycles. The third-order valence-corrected chi connectivity index (χ3v) is 1.23. The predicted molar refractivity (Wildman–Crippen MR) is 34.6 cm³/mol. The molecule has 1 rings (SSSR count). The molecule has 4 heteroatoms. The standard InChI is InChI=1S/C6H8N2O2/c1-5-2-7-4-8(5)3-6(9)10/h2,4H,3H2,1H3,(H,9,10). The molecule has 0 amide bonds. The summed E-state index contributed by atoms with van der Waals surface area (Å²) in [7, 11) is 0. The van der Waals surface area contributed by atoms with Crippen LogP contribution in [0.5, 0.6) is 0 Å². The minimum atomic E-state index is -0.846. The maximum absolute atomic E-state index is 10.2. The Hall–Kier alpha value is -1.32. The van der Waals surface area contributed by atoms with Crippen molar-refractivity contribution in [1.82, 2.24) is 9.55 Å². The van der Waals surface area contributed by atoms with E-state index in [1.165, 1.54) is 6.33 Å². The maximum atomic E-state index is 10.2. The third kappa shape index (κ3) is 1.34. The van der Waals surface area contributed by atoms with Gasteiger partial charge in [0.25, 0.3) is 0 Å². The average Bonchev–Trinajstić information content (AvgIpc) is 2.15. The Bertz CT molecular complexity index is 242. The molecule has 0 saturated heterocycles. The Labute approximate surface area is 58.1 Å². The zero-order chi connectivity index (χ0) is 7.56. The molecule has 0 aliphatic rings. The van der Waals surface area contributed by atoms with Crippen LogP contribution in [0.1, 0.15) is 5.69 Å². The molecule has 54 valence electrons. The Balaban J connectivity index is 2.74. The highest BCUT2D eigenvalue weighted by Gasteiger charge is 1.99. The summed E-state index contributed by atoms with van der Waals surface area (Å²) in [5.74, 6) is -0.846. The summed E-state index contributed by atoms with van der Waals surface area (Å²) in [6, 6.07) is 0. The lowest BCUT2D eigenvalue weighted by atomic mass is 10.5. The normalized spacial score (nSPS) is 9.70. The number of hydrogen-bond acceptors (Lipinski definition) is 2. The van der Waals surface area contributed by atoms with Crippen LogP contribution in [0.25, 0.3) is 0 Å². The molecule has 0 aliphatic carbocycles. The molecule has 1 heterocycles. The van der Waals surface area contributed by atoms with Crippen LogP contribution in [0, 0.1) is 6.92 Å². The van der Waals surface area contributed by atoms with Crippen LogP contribution in [-0.2, 0) is 11.3 Å². The molecule has 0 bridgehead atoms. The van der Waals surface area contributed by atoms with E-state index in [-0.39, 0.29) is 6.54 Å². The number of aromatic nitrogens is 2. The van der Waals surface area contributed by atoms with Crippen molar-refractivity contribution in [1.29, 1.82) is 0 Å². The summed E-state index contributed by atoms with van der Waals surface area (Å²) >= 11 is 0. The third-order valence-electron chi connectivity index (χ3n) is 1.23. The molecule has 0 unspecified atom stereocenters.